The number of carbonyl (C=O) groups is 1. The number of aromatic nitrogens is 4. The molecule has 2 heterocycles. The molecule has 4 rings (SSSR count). The van der Waals surface area contributed by atoms with Crippen LogP contribution in [0.25, 0.3) is 16.7 Å². The van der Waals surface area contributed by atoms with E-state index in [9.17, 15) is 9.18 Å². The summed E-state index contributed by atoms with van der Waals surface area (Å²) in [6, 6.07) is 16.1. The summed E-state index contributed by atoms with van der Waals surface area (Å²) in [5.74, 6) is -0.139. The van der Waals surface area contributed by atoms with Crippen molar-refractivity contribution in [2.45, 2.75) is 30.0 Å². The van der Waals surface area contributed by atoms with Gasteiger partial charge in [0.25, 0.3) is 0 Å². The molecule has 0 saturated carbocycles. The van der Waals surface area contributed by atoms with Gasteiger partial charge in [-0.2, -0.15) is 5.10 Å². The average Bonchev–Trinajstić information content (AvgIpc) is 3.23. The van der Waals surface area contributed by atoms with Gasteiger partial charge in [0, 0.05) is 6.54 Å². The lowest BCUT2D eigenvalue weighted by Crippen LogP contribution is -2.33. The van der Waals surface area contributed by atoms with Gasteiger partial charge in [0.2, 0.25) is 5.91 Å². The van der Waals surface area contributed by atoms with E-state index in [1.165, 1.54) is 35.8 Å². The van der Waals surface area contributed by atoms with E-state index in [1.807, 2.05) is 25.1 Å². The highest BCUT2D eigenvalue weighted by Gasteiger charge is 2.19. The van der Waals surface area contributed by atoms with E-state index < -0.39 is 0 Å². The molecule has 2 aromatic carbocycles. The van der Waals surface area contributed by atoms with Gasteiger partial charge in [-0.05, 0) is 42.7 Å². The predicted molar refractivity (Wildman–Crippen MR) is 120 cm³/mol. The summed E-state index contributed by atoms with van der Waals surface area (Å²) in [6.45, 7) is 4.51. The largest absolute Gasteiger partial charge is 0.355 e. The van der Waals surface area contributed by atoms with Gasteiger partial charge in [0.05, 0.1) is 22.5 Å². The van der Waals surface area contributed by atoms with Gasteiger partial charge in [-0.1, -0.05) is 49.0 Å². The number of carbonyl (C=O) groups excluding carboxylic acids is 1. The highest BCUT2D eigenvalue weighted by Crippen LogP contribution is 2.29. The Morgan fingerprint density at radius 2 is 1.84 bits per heavy atom. The van der Waals surface area contributed by atoms with Gasteiger partial charge in [-0.3, -0.25) is 4.79 Å². The molecular formula is C23H22FN5OS. The van der Waals surface area contributed by atoms with Crippen LogP contribution in [0.4, 0.5) is 4.39 Å². The monoisotopic (exact) mass is 435 g/mol. The van der Waals surface area contributed by atoms with Crippen LogP contribution in [-0.4, -0.2) is 37.5 Å². The summed E-state index contributed by atoms with van der Waals surface area (Å²) in [7, 11) is 0. The van der Waals surface area contributed by atoms with Crippen LogP contribution in [0, 0.1) is 5.82 Å². The molecule has 4 aromatic rings. The van der Waals surface area contributed by atoms with Gasteiger partial charge in [0.1, 0.15) is 17.2 Å². The van der Waals surface area contributed by atoms with E-state index in [4.69, 9.17) is 0 Å². The molecular weight excluding hydrogens is 413 g/mol. The predicted octanol–water partition coefficient (Wildman–Crippen LogP) is 4.36. The molecule has 0 aliphatic heterocycles. The van der Waals surface area contributed by atoms with E-state index in [2.05, 4.69) is 39.4 Å². The minimum atomic E-state index is -0.338. The topological polar surface area (TPSA) is 72.7 Å². The van der Waals surface area contributed by atoms with Gasteiger partial charge < -0.3 is 5.32 Å². The Kier molecular flexibility index (Phi) is 6.27. The number of amides is 1. The summed E-state index contributed by atoms with van der Waals surface area (Å²) in [4.78, 5) is 21.3. The summed E-state index contributed by atoms with van der Waals surface area (Å²) >= 11 is 1.36. The first-order valence-corrected chi connectivity index (χ1v) is 10.8. The summed E-state index contributed by atoms with van der Waals surface area (Å²) < 4.78 is 14.9. The second-order valence-electron chi connectivity index (χ2n) is 7.27. The number of fused-ring (bicyclic) bond motifs is 1. The van der Waals surface area contributed by atoms with Gasteiger partial charge in [-0.25, -0.2) is 19.0 Å². The zero-order valence-corrected chi connectivity index (χ0v) is 18.0. The number of thioether (sulfide) groups is 1. The Bertz CT molecular complexity index is 1180. The quantitative estimate of drug-likeness (QED) is 0.345. The molecule has 0 radical (unpaired) electrons. The third-order valence-corrected chi connectivity index (χ3v) is 6.13. The van der Waals surface area contributed by atoms with Crippen LogP contribution < -0.4 is 5.32 Å². The number of benzene rings is 2. The van der Waals surface area contributed by atoms with Crippen LogP contribution in [-0.2, 0) is 4.79 Å². The molecule has 2 aromatic heterocycles. The third kappa shape index (κ3) is 4.74. The standard InChI is InChI=1S/C23H22FN5OS/c1-15(17-6-4-3-5-7-17)12-25-22(30)16(2)31-23-20-13-28-29(21(20)26-14-27-23)19-10-8-18(24)9-11-19/h3-11,13-16H,12H2,1-2H3,(H,25,30)/t15-,16+/m1/s1. The Labute approximate surface area is 183 Å². The van der Waals surface area contributed by atoms with Crippen molar-refractivity contribution in [1.29, 1.82) is 0 Å². The van der Waals surface area contributed by atoms with Crippen molar-refractivity contribution in [3.05, 3.63) is 78.5 Å². The molecule has 0 unspecified atom stereocenters. The number of hydrogen-bond acceptors (Lipinski definition) is 5. The van der Waals surface area contributed by atoms with Crippen molar-refractivity contribution >= 4 is 28.7 Å². The normalized spacial score (nSPS) is 13.1. The van der Waals surface area contributed by atoms with Crippen LogP contribution in [0.1, 0.15) is 25.3 Å². The van der Waals surface area contributed by atoms with Crippen molar-refractivity contribution in [3.63, 3.8) is 0 Å². The summed E-state index contributed by atoms with van der Waals surface area (Å²) in [6.07, 6.45) is 3.12. The first-order valence-electron chi connectivity index (χ1n) is 9.97. The number of halogens is 1. The minimum absolute atomic E-state index is 0.0505. The number of nitrogens with zero attached hydrogens (tertiary/aromatic N) is 4. The number of hydrogen-bond donors (Lipinski definition) is 1. The van der Waals surface area contributed by atoms with E-state index in [1.54, 1.807) is 23.0 Å². The highest BCUT2D eigenvalue weighted by atomic mass is 32.2. The van der Waals surface area contributed by atoms with Crippen LogP contribution >= 0.6 is 11.8 Å². The maximum atomic E-state index is 13.2. The molecule has 8 heteroatoms. The average molecular weight is 436 g/mol. The lowest BCUT2D eigenvalue weighted by molar-refractivity contribution is -0.120. The molecule has 6 nitrogen and oxygen atoms in total. The van der Waals surface area contributed by atoms with Crippen molar-refractivity contribution < 1.29 is 9.18 Å². The zero-order valence-electron chi connectivity index (χ0n) is 17.2. The SMILES string of the molecule is C[C@H](Sc1ncnc2c1cnn2-c1ccc(F)cc1)C(=O)NC[C@@H](C)c1ccccc1. The Morgan fingerprint density at radius 3 is 2.58 bits per heavy atom. The molecule has 158 valence electrons. The van der Waals surface area contributed by atoms with Crippen LogP contribution in [0.5, 0.6) is 0 Å². The maximum absolute atomic E-state index is 13.2. The first kappa shape index (κ1) is 21.0. The van der Waals surface area contributed by atoms with E-state index in [-0.39, 0.29) is 22.9 Å². The van der Waals surface area contributed by atoms with Crippen LogP contribution in [0.3, 0.4) is 0 Å². The molecule has 0 fully saturated rings. The second-order valence-corrected chi connectivity index (χ2v) is 8.60. The molecule has 2 atom stereocenters. The fourth-order valence-corrected chi connectivity index (χ4v) is 4.11. The summed E-state index contributed by atoms with van der Waals surface area (Å²) in [5, 5.41) is 8.49. The van der Waals surface area contributed by atoms with E-state index in [0.717, 1.165) is 5.39 Å². The molecule has 0 bridgehead atoms. The smallest absolute Gasteiger partial charge is 0.233 e. The first-order chi connectivity index (χ1) is 15.0. The van der Waals surface area contributed by atoms with Gasteiger partial charge in [0.15, 0.2) is 5.65 Å². The molecule has 0 saturated heterocycles. The van der Waals surface area contributed by atoms with Crippen LogP contribution in [0.15, 0.2) is 72.1 Å². The van der Waals surface area contributed by atoms with Gasteiger partial charge >= 0.3 is 0 Å². The Hall–Kier alpha value is -3.26. The fraction of sp³-hybridized carbons (Fsp3) is 0.217. The molecule has 0 aliphatic carbocycles. The molecule has 0 aliphatic rings. The summed E-state index contributed by atoms with van der Waals surface area (Å²) in [5.41, 5.74) is 2.50. The fourth-order valence-electron chi connectivity index (χ4n) is 3.21. The van der Waals surface area contributed by atoms with Crippen molar-refractivity contribution in [1.82, 2.24) is 25.1 Å². The Balaban J connectivity index is 1.45. The van der Waals surface area contributed by atoms with Crippen molar-refractivity contribution in [2.24, 2.45) is 0 Å². The minimum Gasteiger partial charge on any atom is -0.355 e. The molecule has 0 spiro atoms. The second kappa shape index (κ2) is 9.26. The lowest BCUT2D eigenvalue weighted by atomic mass is 10.0. The van der Waals surface area contributed by atoms with E-state index in [0.29, 0.717) is 22.9 Å². The third-order valence-electron chi connectivity index (χ3n) is 5.01. The van der Waals surface area contributed by atoms with Crippen LogP contribution in [0.2, 0.25) is 0 Å². The van der Waals surface area contributed by atoms with Crippen molar-refractivity contribution in [3.8, 4) is 5.69 Å². The highest BCUT2D eigenvalue weighted by molar-refractivity contribution is 8.00. The lowest BCUT2D eigenvalue weighted by Gasteiger charge is -2.16. The van der Waals surface area contributed by atoms with Crippen molar-refractivity contribution in [2.75, 3.05) is 6.54 Å². The number of rotatable bonds is 7. The van der Waals surface area contributed by atoms with E-state index >= 15 is 0 Å². The van der Waals surface area contributed by atoms with Gasteiger partial charge in [-0.15, -0.1) is 0 Å². The Morgan fingerprint density at radius 1 is 1.10 bits per heavy atom. The number of nitrogens with one attached hydrogen (secondary N) is 1. The molecule has 1 amide bonds. The molecule has 1 N–H and O–H groups in total. The molecule has 31 heavy (non-hydrogen) atoms. The zero-order chi connectivity index (χ0) is 21.8. The maximum Gasteiger partial charge on any atom is 0.233 e.